The lowest BCUT2D eigenvalue weighted by atomic mass is 9.98. The summed E-state index contributed by atoms with van der Waals surface area (Å²) < 4.78 is 34.7. The third-order valence-electron chi connectivity index (χ3n) is 4.46. The molecule has 0 amide bonds. The molecule has 0 aliphatic heterocycles. The number of nitro groups is 1. The van der Waals surface area contributed by atoms with Crippen LogP contribution in [-0.4, -0.2) is 25.7 Å². The molecule has 0 atom stereocenters. The van der Waals surface area contributed by atoms with Gasteiger partial charge >= 0.3 is 5.69 Å². The molecule has 1 aliphatic rings. The third-order valence-corrected chi connectivity index (χ3v) is 5.57. The molecule has 0 unspecified atom stereocenters. The van der Waals surface area contributed by atoms with Crippen LogP contribution in [0.4, 0.5) is 5.69 Å². The topological polar surface area (TPSA) is 95.7 Å². The largest absolute Gasteiger partial charge is 0.490 e. The van der Waals surface area contributed by atoms with Crippen LogP contribution in [0.1, 0.15) is 32.1 Å². The highest BCUT2D eigenvalue weighted by Crippen LogP contribution is 2.34. The lowest BCUT2D eigenvalue weighted by molar-refractivity contribution is -0.385. The van der Waals surface area contributed by atoms with Crippen molar-refractivity contribution in [2.45, 2.75) is 43.1 Å². The van der Waals surface area contributed by atoms with Crippen molar-refractivity contribution in [1.29, 1.82) is 0 Å². The van der Waals surface area contributed by atoms with E-state index < -0.39 is 20.4 Å². The van der Waals surface area contributed by atoms with Gasteiger partial charge in [-0.05, 0) is 62.1 Å². The fraction of sp³-hybridized carbons (Fsp3) is 0.368. The van der Waals surface area contributed by atoms with E-state index in [2.05, 4.69) is 0 Å². The van der Waals surface area contributed by atoms with Gasteiger partial charge in [0.2, 0.25) is 5.75 Å². The fourth-order valence-electron chi connectivity index (χ4n) is 3.05. The maximum atomic E-state index is 11.6. The number of rotatable bonds is 6. The SMILES string of the molecule is CS(=O)(=O)c1ccc(Oc2ccc(OC3CCCCC3)cc2)c([N+](=O)[O-])c1. The molecular formula is C19H21NO6S. The van der Waals surface area contributed by atoms with Crippen molar-refractivity contribution in [1.82, 2.24) is 0 Å². The highest BCUT2D eigenvalue weighted by atomic mass is 32.2. The minimum atomic E-state index is -3.54. The number of ether oxygens (including phenoxy) is 2. The summed E-state index contributed by atoms with van der Waals surface area (Å²) in [5.41, 5.74) is -0.402. The predicted molar refractivity (Wildman–Crippen MR) is 100 cm³/mol. The number of nitro benzene ring substituents is 1. The second-order valence-electron chi connectivity index (χ2n) is 6.61. The van der Waals surface area contributed by atoms with Crippen molar-refractivity contribution in [3.05, 3.63) is 52.6 Å². The summed E-state index contributed by atoms with van der Waals surface area (Å²) in [5.74, 6) is 1.12. The molecule has 27 heavy (non-hydrogen) atoms. The zero-order chi connectivity index (χ0) is 19.4. The van der Waals surface area contributed by atoms with Crippen molar-refractivity contribution in [2.24, 2.45) is 0 Å². The Bertz CT molecular complexity index is 918. The van der Waals surface area contributed by atoms with Gasteiger partial charge in [-0.15, -0.1) is 0 Å². The zero-order valence-corrected chi connectivity index (χ0v) is 15.8. The van der Waals surface area contributed by atoms with Gasteiger partial charge in [0.05, 0.1) is 15.9 Å². The molecule has 3 rings (SSSR count). The van der Waals surface area contributed by atoms with Crippen molar-refractivity contribution in [3.63, 3.8) is 0 Å². The minimum absolute atomic E-state index is 0.0200. The smallest absolute Gasteiger partial charge is 0.312 e. The predicted octanol–water partition coefficient (Wildman–Crippen LogP) is 4.50. The molecule has 7 nitrogen and oxygen atoms in total. The highest BCUT2D eigenvalue weighted by molar-refractivity contribution is 7.90. The van der Waals surface area contributed by atoms with Gasteiger partial charge in [-0.3, -0.25) is 10.1 Å². The molecule has 144 valence electrons. The van der Waals surface area contributed by atoms with E-state index in [0.29, 0.717) is 5.75 Å². The quantitative estimate of drug-likeness (QED) is 0.531. The van der Waals surface area contributed by atoms with E-state index in [4.69, 9.17) is 9.47 Å². The maximum Gasteiger partial charge on any atom is 0.312 e. The molecule has 0 aromatic heterocycles. The Morgan fingerprint density at radius 1 is 1.00 bits per heavy atom. The molecule has 0 saturated heterocycles. The molecule has 0 bridgehead atoms. The van der Waals surface area contributed by atoms with Crippen LogP contribution in [0.2, 0.25) is 0 Å². The Hall–Kier alpha value is -2.61. The standard InChI is InChI=1S/C19H21NO6S/c1-27(23,24)17-11-12-19(18(13-17)20(21)22)26-16-9-7-15(8-10-16)25-14-5-3-2-4-6-14/h7-14H,2-6H2,1H3. The Kier molecular flexibility index (Phi) is 5.65. The van der Waals surface area contributed by atoms with E-state index in [0.717, 1.165) is 30.9 Å². The Morgan fingerprint density at radius 2 is 1.63 bits per heavy atom. The number of hydrogen-bond donors (Lipinski definition) is 0. The molecule has 0 spiro atoms. The van der Waals surface area contributed by atoms with Crippen molar-refractivity contribution >= 4 is 15.5 Å². The summed E-state index contributed by atoms with van der Waals surface area (Å²) in [6, 6.07) is 10.5. The molecule has 0 heterocycles. The molecule has 0 N–H and O–H groups in total. The van der Waals surface area contributed by atoms with E-state index in [1.165, 1.54) is 31.4 Å². The van der Waals surface area contributed by atoms with Gasteiger partial charge in [0, 0.05) is 12.3 Å². The lowest BCUT2D eigenvalue weighted by Crippen LogP contribution is -2.19. The van der Waals surface area contributed by atoms with Gasteiger partial charge in [0.25, 0.3) is 0 Å². The average Bonchev–Trinajstić information content (AvgIpc) is 2.63. The average molecular weight is 391 g/mol. The van der Waals surface area contributed by atoms with E-state index in [1.54, 1.807) is 24.3 Å². The van der Waals surface area contributed by atoms with Crippen LogP contribution in [0.25, 0.3) is 0 Å². The van der Waals surface area contributed by atoms with Crippen LogP contribution < -0.4 is 9.47 Å². The molecule has 1 saturated carbocycles. The summed E-state index contributed by atoms with van der Waals surface area (Å²) in [7, 11) is -3.54. The first-order chi connectivity index (χ1) is 12.8. The van der Waals surface area contributed by atoms with Crippen LogP contribution in [0, 0.1) is 10.1 Å². The van der Waals surface area contributed by atoms with Gasteiger partial charge < -0.3 is 9.47 Å². The van der Waals surface area contributed by atoms with Gasteiger partial charge in [-0.1, -0.05) is 6.42 Å². The Labute approximate surface area is 158 Å². The molecular weight excluding hydrogens is 370 g/mol. The van der Waals surface area contributed by atoms with Crippen molar-refractivity contribution in [3.8, 4) is 17.2 Å². The first-order valence-electron chi connectivity index (χ1n) is 8.76. The fourth-order valence-corrected chi connectivity index (χ4v) is 3.69. The van der Waals surface area contributed by atoms with Crippen LogP contribution >= 0.6 is 0 Å². The molecule has 1 aliphatic carbocycles. The van der Waals surface area contributed by atoms with Crippen LogP contribution in [0.15, 0.2) is 47.4 Å². The molecule has 1 fully saturated rings. The molecule has 2 aromatic rings. The zero-order valence-electron chi connectivity index (χ0n) is 15.0. The van der Waals surface area contributed by atoms with Crippen LogP contribution in [0.5, 0.6) is 17.2 Å². The summed E-state index contributed by atoms with van der Waals surface area (Å²) in [4.78, 5) is 10.5. The first kappa shape index (κ1) is 19.2. The molecule has 2 aromatic carbocycles. The van der Waals surface area contributed by atoms with Gasteiger partial charge in [-0.2, -0.15) is 0 Å². The van der Waals surface area contributed by atoms with Gasteiger partial charge in [0.1, 0.15) is 11.5 Å². The summed E-state index contributed by atoms with van der Waals surface area (Å²) in [5, 5.41) is 11.3. The highest BCUT2D eigenvalue weighted by Gasteiger charge is 2.20. The summed E-state index contributed by atoms with van der Waals surface area (Å²) >= 11 is 0. The van der Waals surface area contributed by atoms with Crippen molar-refractivity contribution < 1.29 is 22.8 Å². The van der Waals surface area contributed by atoms with Gasteiger partial charge in [0.15, 0.2) is 9.84 Å². The minimum Gasteiger partial charge on any atom is -0.490 e. The van der Waals surface area contributed by atoms with Gasteiger partial charge in [-0.25, -0.2) is 8.42 Å². The summed E-state index contributed by atoms with van der Waals surface area (Å²) in [6.07, 6.45) is 6.95. The molecule has 8 heteroatoms. The van der Waals surface area contributed by atoms with E-state index >= 15 is 0 Å². The normalized spacial score (nSPS) is 15.3. The van der Waals surface area contributed by atoms with E-state index in [9.17, 15) is 18.5 Å². The second-order valence-corrected chi connectivity index (χ2v) is 8.63. The van der Waals surface area contributed by atoms with Crippen LogP contribution in [0.3, 0.4) is 0 Å². The molecule has 0 radical (unpaired) electrons. The maximum absolute atomic E-state index is 11.6. The van der Waals surface area contributed by atoms with E-state index in [-0.39, 0.29) is 16.7 Å². The van der Waals surface area contributed by atoms with Crippen LogP contribution in [-0.2, 0) is 9.84 Å². The summed E-state index contributed by atoms with van der Waals surface area (Å²) in [6.45, 7) is 0. The lowest BCUT2D eigenvalue weighted by Gasteiger charge is -2.23. The number of sulfone groups is 1. The second kappa shape index (κ2) is 7.96. The Balaban J connectivity index is 1.75. The van der Waals surface area contributed by atoms with Crippen molar-refractivity contribution in [2.75, 3.05) is 6.26 Å². The number of hydrogen-bond acceptors (Lipinski definition) is 6. The number of benzene rings is 2. The monoisotopic (exact) mass is 391 g/mol. The third kappa shape index (κ3) is 4.97. The van der Waals surface area contributed by atoms with E-state index in [1.807, 2.05) is 0 Å². The first-order valence-corrected chi connectivity index (χ1v) is 10.6. The number of nitrogens with zero attached hydrogens (tertiary/aromatic N) is 1. The Morgan fingerprint density at radius 3 is 2.22 bits per heavy atom.